The molecule has 1 spiro atoms. The molecular formula is C17H21NO4. The Hall–Kier alpha value is -1.85. The molecule has 0 bridgehead atoms. The number of carbonyl (C=O) groups is 1. The third-order valence-corrected chi connectivity index (χ3v) is 4.10. The number of rotatable bonds is 4. The van der Waals surface area contributed by atoms with Gasteiger partial charge >= 0.3 is 0 Å². The Morgan fingerprint density at radius 3 is 2.45 bits per heavy atom. The van der Waals surface area contributed by atoms with Crippen LogP contribution in [0.2, 0.25) is 0 Å². The van der Waals surface area contributed by atoms with E-state index in [0.29, 0.717) is 38.5 Å². The first-order chi connectivity index (χ1) is 10.7. The lowest BCUT2D eigenvalue weighted by atomic mass is 10.0. The summed E-state index contributed by atoms with van der Waals surface area (Å²) in [6.45, 7) is 6.69. The van der Waals surface area contributed by atoms with Crippen molar-refractivity contribution in [1.29, 1.82) is 0 Å². The van der Waals surface area contributed by atoms with Crippen LogP contribution in [-0.2, 0) is 9.47 Å². The van der Waals surface area contributed by atoms with Crippen molar-refractivity contribution in [2.45, 2.75) is 18.6 Å². The number of nitrogens with zero attached hydrogens (tertiary/aromatic N) is 1. The van der Waals surface area contributed by atoms with Crippen molar-refractivity contribution in [3.63, 3.8) is 0 Å². The standard InChI is InChI=1S/C17H21NO4/c1-2-11-20-15-5-3-14(4-6-15)16(19)18-9-7-17(8-10-18)21-12-13-22-17/h2-6H,1,7-13H2. The molecule has 3 rings (SSSR count). The van der Waals surface area contributed by atoms with E-state index in [-0.39, 0.29) is 5.91 Å². The first kappa shape index (κ1) is 15.1. The van der Waals surface area contributed by atoms with Gasteiger partial charge < -0.3 is 19.1 Å². The Balaban J connectivity index is 1.58. The van der Waals surface area contributed by atoms with Gasteiger partial charge in [0.1, 0.15) is 12.4 Å². The zero-order valence-electron chi connectivity index (χ0n) is 12.6. The molecule has 0 unspecified atom stereocenters. The normalized spacial score (nSPS) is 20.1. The molecule has 0 aliphatic carbocycles. The number of ether oxygens (including phenoxy) is 3. The lowest BCUT2D eigenvalue weighted by molar-refractivity contribution is -0.181. The third kappa shape index (κ3) is 3.15. The number of likely N-dealkylation sites (tertiary alicyclic amines) is 1. The van der Waals surface area contributed by atoms with E-state index >= 15 is 0 Å². The van der Waals surface area contributed by atoms with Crippen LogP contribution in [0.3, 0.4) is 0 Å². The summed E-state index contributed by atoms with van der Waals surface area (Å²) in [5, 5.41) is 0. The Morgan fingerprint density at radius 1 is 1.23 bits per heavy atom. The van der Waals surface area contributed by atoms with Crippen molar-refractivity contribution in [2.75, 3.05) is 32.9 Å². The zero-order chi connectivity index (χ0) is 15.4. The van der Waals surface area contributed by atoms with E-state index in [1.165, 1.54) is 0 Å². The highest BCUT2D eigenvalue weighted by molar-refractivity contribution is 5.94. The van der Waals surface area contributed by atoms with Gasteiger partial charge in [0.25, 0.3) is 5.91 Å². The van der Waals surface area contributed by atoms with Crippen LogP contribution >= 0.6 is 0 Å². The van der Waals surface area contributed by atoms with E-state index in [0.717, 1.165) is 18.6 Å². The van der Waals surface area contributed by atoms with Gasteiger partial charge in [-0.25, -0.2) is 0 Å². The van der Waals surface area contributed by atoms with Crippen LogP contribution in [0.25, 0.3) is 0 Å². The Morgan fingerprint density at radius 2 is 1.86 bits per heavy atom. The molecule has 5 heteroatoms. The van der Waals surface area contributed by atoms with Gasteiger partial charge in [-0.2, -0.15) is 0 Å². The van der Waals surface area contributed by atoms with Crippen LogP contribution in [0.1, 0.15) is 23.2 Å². The Kier molecular flexibility index (Phi) is 4.45. The molecule has 118 valence electrons. The monoisotopic (exact) mass is 303 g/mol. The van der Waals surface area contributed by atoms with Crippen LogP contribution in [0.15, 0.2) is 36.9 Å². The zero-order valence-corrected chi connectivity index (χ0v) is 12.6. The lowest BCUT2D eigenvalue weighted by Crippen LogP contribution is -2.47. The Labute approximate surface area is 130 Å². The predicted molar refractivity (Wildman–Crippen MR) is 81.9 cm³/mol. The fraction of sp³-hybridized carbons (Fsp3) is 0.471. The van der Waals surface area contributed by atoms with Crippen molar-refractivity contribution >= 4 is 5.91 Å². The molecule has 5 nitrogen and oxygen atoms in total. The third-order valence-electron chi connectivity index (χ3n) is 4.10. The molecular weight excluding hydrogens is 282 g/mol. The fourth-order valence-corrected chi connectivity index (χ4v) is 2.87. The van der Waals surface area contributed by atoms with Crippen LogP contribution in [-0.4, -0.2) is 49.5 Å². The topological polar surface area (TPSA) is 48.0 Å². The van der Waals surface area contributed by atoms with Gasteiger partial charge in [0.15, 0.2) is 5.79 Å². The maximum Gasteiger partial charge on any atom is 0.253 e. The van der Waals surface area contributed by atoms with Crippen molar-refractivity contribution in [3.05, 3.63) is 42.5 Å². The summed E-state index contributed by atoms with van der Waals surface area (Å²) in [5.74, 6) is 0.337. The SMILES string of the molecule is C=CCOc1ccc(C(=O)N2CCC3(CC2)OCCO3)cc1. The number of benzene rings is 1. The van der Waals surface area contributed by atoms with Gasteiger partial charge in [-0.05, 0) is 24.3 Å². The molecule has 0 aromatic heterocycles. The summed E-state index contributed by atoms with van der Waals surface area (Å²) in [5.41, 5.74) is 0.676. The molecule has 2 fully saturated rings. The minimum Gasteiger partial charge on any atom is -0.490 e. The summed E-state index contributed by atoms with van der Waals surface area (Å²) in [4.78, 5) is 14.4. The molecule has 1 aromatic carbocycles. The molecule has 0 N–H and O–H groups in total. The second kappa shape index (κ2) is 6.50. The van der Waals surface area contributed by atoms with E-state index < -0.39 is 5.79 Å². The van der Waals surface area contributed by atoms with Crippen molar-refractivity contribution < 1.29 is 19.0 Å². The second-order valence-electron chi connectivity index (χ2n) is 5.52. The molecule has 0 atom stereocenters. The summed E-state index contributed by atoms with van der Waals surface area (Å²) in [7, 11) is 0. The van der Waals surface area contributed by atoms with E-state index in [4.69, 9.17) is 14.2 Å². The van der Waals surface area contributed by atoms with Crippen LogP contribution in [0, 0.1) is 0 Å². The van der Waals surface area contributed by atoms with Crippen LogP contribution < -0.4 is 4.74 Å². The maximum atomic E-state index is 12.5. The van der Waals surface area contributed by atoms with Crippen molar-refractivity contribution in [1.82, 2.24) is 4.90 Å². The molecule has 1 aromatic rings. The van der Waals surface area contributed by atoms with Gasteiger partial charge in [-0.3, -0.25) is 4.79 Å². The quantitative estimate of drug-likeness (QED) is 0.800. The minimum absolute atomic E-state index is 0.0446. The van der Waals surface area contributed by atoms with E-state index in [1.54, 1.807) is 18.2 Å². The smallest absolute Gasteiger partial charge is 0.253 e. The molecule has 0 radical (unpaired) electrons. The van der Waals surface area contributed by atoms with Crippen molar-refractivity contribution in [3.8, 4) is 5.75 Å². The highest BCUT2D eigenvalue weighted by Crippen LogP contribution is 2.31. The number of piperidine rings is 1. The fourth-order valence-electron chi connectivity index (χ4n) is 2.87. The molecule has 2 aliphatic rings. The first-order valence-electron chi connectivity index (χ1n) is 7.63. The van der Waals surface area contributed by atoms with E-state index in [9.17, 15) is 4.79 Å². The highest BCUT2D eigenvalue weighted by Gasteiger charge is 2.40. The molecule has 2 saturated heterocycles. The van der Waals surface area contributed by atoms with Gasteiger partial charge in [0.2, 0.25) is 0 Å². The summed E-state index contributed by atoms with van der Waals surface area (Å²) in [6.07, 6.45) is 3.16. The number of amides is 1. The molecule has 22 heavy (non-hydrogen) atoms. The van der Waals surface area contributed by atoms with Crippen LogP contribution in [0.4, 0.5) is 0 Å². The lowest BCUT2D eigenvalue weighted by Gasteiger charge is -2.37. The average molecular weight is 303 g/mol. The largest absolute Gasteiger partial charge is 0.490 e. The van der Waals surface area contributed by atoms with Gasteiger partial charge in [0, 0.05) is 31.5 Å². The molecule has 1 amide bonds. The second-order valence-corrected chi connectivity index (χ2v) is 5.52. The van der Waals surface area contributed by atoms with Gasteiger partial charge in [0.05, 0.1) is 13.2 Å². The maximum absolute atomic E-state index is 12.5. The Bertz CT molecular complexity index is 524. The molecule has 0 saturated carbocycles. The molecule has 2 aliphatic heterocycles. The van der Waals surface area contributed by atoms with Gasteiger partial charge in [-0.15, -0.1) is 0 Å². The summed E-state index contributed by atoms with van der Waals surface area (Å²) < 4.78 is 16.8. The average Bonchev–Trinajstić information content (AvgIpc) is 3.02. The van der Waals surface area contributed by atoms with Crippen LogP contribution in [0.5, 0.6) is 5.75 Å². The summed E-state index contributed by atoms with van der Waals surface area (Å²) in [6, 6.07) is 7.22. The van der Waals surface area contributed by atoms with Crippen molar-refractivity contribution in [2.24, 2.45) is 0 Å². The number of hydrogen-bond acceptors (Lipinski definition) is 4. The number of carbonyl (C=O) groups excluding carboxylic acids is 1. The summed E-state index contributed by atoms with van der Waals surface area (Å²) >= 11 is 0. The highest BCUT2D eigenvalue weighted by atomic mass is 16.7. The molecule has 2 heterocycles. The number of hydrogen-bond donors (Lipinski definition) is 0. The van der Waals surface area contributed by atoms with Gasteiger partial charge in [-0.1, -0.05) is 12.7 Å². The van der Waals surface area contributed by atoms with E-state index in [1.807, 2.05) is 17.0 Å². The predicted octanol–water partition coefficient (Wildman–Crippen LogP) is 2.23. The minimum atomic E-state index is -0.445. The first-order valence-corrected chi connectivity index (χ1v) is 7.63. The van der Waals surface area contributed by atoms with E-state index in [2.05, 4.69) is 6.58 Å².